The van der Waals surface area contributed by atoms with Gasteiger partial charge in [-0.25, -0.2) is 0 Å². The summed E-state index contributed by atoms with van der Waals surface area (Å²) >= 11 is 0. The molecule has 0 spiro atoms. The summed E-state index contributed by atoms with van der Waals surface area (Å²) in [5.74, 6) is -0.126. The average molecular weight is 284 g/mol. The number of anilines is 1. The molecule has 0 aliphatic carbocycles. The fourth-order valence-electron chi connectivity index (χ4n) is 1.60. The topological polar surface area (TPSA) is 94.1 Å². The maximum Gasteiger partial charge on any atom is 0.313 e. The predicted octanol–water partition coefficient (Wildman–Crippen LogP) is 0.771. The molecule has 1 aromatic carbocycles. The third-order valence-corrected chi connectivity index (χ3v) is 3.87. The Morgan fingerprint density at radius 1 is 1.37 bits per heavy atom. The molecular weight excluding hydrogens is 272 g/mol. The predicted molar refractivity (Wildman–Crippen MR) is 67.9 cm³/mol. The van der Waals surface area contributed by atoms with Gasteiger partial charge in [-0.3, -0.25) is 4.79 Å². The van der Waals surface area contributed by atoms with Crippen molar-refractivity contribution in [2.75, 3.05) is 19.5 Å². The van der Waals surface area contributed by atoms with E-state index in [2.05, 4.69) is 14.5 Å². The van der Waals surface area contributed by atoms with Crippen LogP contribution >= 0.6 is 0 Å². The Bertz CT molecular complexity index is 651. The number of carbonyl (C=O) groups excluding carboxylic acids is 1. The zero-order chi connectivity index (χ0) is 14.0. The van der Waals surface area contributed by atoms with Crippen molar-refractivity contribution < 1.29 is 22.7 Å². The third-order valence-electron chi connectivity index (χ3n) is 2.52. The van der Waals surface area contributed by atoms with Crippen LogP contribution in [0.4, 0.5) is 5.69 Å². The zero-order valence-electron chi connectivity index (χ0n) is 10.3. The van der Waals surface area contributed by atoms with E-state index in [0.29, 0.717) is 11.4 Å². The first kappa shape index (κ1) is 13.3. The van der Waals surface area contributed by atoms with Gasteiger partial charge in [0.2, 0.25) is 0 Å². The number of methoxy groups -OCH3 is 2. The van der Waals surface area contributed by atoms with E-state index in [1.165, 1.54) is 20.3 Å². The van der Waals surface area contributed by atoms with Crippen LogP contribution in [0.25, 0.3) is 0 Å². The Morgan fingerprint density at radius 2 is 2.11 bits per heavy atom. The second-order valence-corrected chi connectivity index (χ2v) is 5.33. The summed E-state index contributed by atoms with van der Waals surface area (Å²) < 4.78 is 37.0. The third kappa shape index (κ3) is 2.68. The molecule has 1 aliphatic rings. The molecule has 7 nitrogen and oxygen atoms in total. The maximum atomic E-state index is 12.0. The van der Waals surface area contributed by atoms with Gasteiger partial charge in [0.05, 0.1) is 19.9 Å². The number of carbonyl (C=O) groups is 1. The van der Waals surface area contributed by atoms with E-state index < -0.39 is 16.0 Å². The Morgan fingerprint density at radius 3 is 2.74 bits per heavy atom. The number of nitrogens with one attached hydrogen (secondary N) is 1. The molecule has 102 valence electrons. The van der Waals surface area contributed by atoms with Gasteiger partial charge in [0.1, 0.15) is 22.9 Å². The Balaban J connectivity index is 2.40. The van der Waals surface area contributed by atoms with Gasteiger partial charge in [-0.15, -0.1) is 4.40 Å². The van der Waals surface area contributed by atoms with Crippen LogP contribution in [0, 0.1) is 0 Å². The van der Waals surface area contributed by atoms with Gasteiger partial charge in [0, 0.05) is 6.07 Å². The number of sulfonamides is 1. The van der Waals surface area contributed by atoms with Gasteiger partial charge >= 0.3 is 5.97 Å². The van der Waals surface area contributed by atoms with Gasteiger partial charge in [-0.2, -0.15) is 8.42 Å². The van der Waals surface area contributed by atoms with Crippen LogP contribution in [0.1, 0.15) is 6.42 Å². The van der Waals surface area contributed by atoms with Crippen molar-refractivity contribution in [3.8, 4) is 5.75 Å². The van der Waals surface area contributed by atoms with Crippen LogP contribution in [0.5, 0.6) is 5.75 Å². The number of esters is 1. The molecule has 0 aromatic heterocycles. The van der Waals surface area contributed by atoms with Gasteiger partial charge < -0.3 is 14.8 Å². The van der Waals surface area contributed by atoms with E-state index >= 15 is 0 Å². The largest absolute Gasteiger partial charge is 0.497 e. The van der Waals surface area contributed by atoms with Crippen LogP contribution in [0.3, 0.4) is 0 Å². The van der Waals surface area contributed by atoms with Gasteiger partial charge in [-0.05, 0) is 12.1 Å². The van der Waals surface area contributed by atoms with E-state index in [1.807, 2.05) is 0 Å². The van der Waals surface area contributed by atoms with Crippen molar-refractivity contribution in [3.05, 3.63) is 18.2 Å². The number of rotatable bonds is 3. The summed E-state index contributed by atoms with van der Waals surface area (Å²) in [6.07, 6.45) is -0.235. The molecule has 0 saturated heterocycles. The van der Waals surface area contributed by atoms with E-state index in [9.17, 15) is 13.2 Å². The summed E-state index contributed by atoms with van der Waals surface area (Å²) in [4.78, 5) is 11.2. The lowest BCUT2D eigenvalue weighted by Crippen LogP contribution is -2.24. The minimum Gasteiger partial charge on any atom is -0.497 e. The Hall–Kier alpha value is -2.09. The van der Waals surface area contributed by atoms with Gasteiger partial charge in [0.15, 0.2) is 0 Å². The smallest absolute Gasteiger partial charge is 0.313 e. The van der Waals surface area contributed by atoms with E-state index in [-0.39, 0.29) is 17.2 Å². The molecule has 0 fully saturated rings. The summed E-state index contributed by atoms with van der Waals surface area (Å²) in [5, 5.41) is 2.78. The number of amidine groups is 1. The van der Waals surface area contributed by atoms with Crippen LogP contribution in [-0.4, -0.2) is 34.4 Å². The summed E-state index contributed by atoms with van der Waals surface area (Å²) in [6.45, 7) is 0. The van der Waals surface area contributed by atoms with Crippen molar-refractivity contribution >= 4 is 27.5 Å². The maximum absolute atomic E-state index is 12.0. The lowest BCUT2D eigenvalue weighted by Gasteiger charge is -2.18. The Kier molecular flexibility index (Phi) is 3.43. The van der Waals surface area contributed by atoms with Crippen molar-refractivity contribution in [3.63, 3.8) is 0 Å². The molecule has 1 aromatic rings. The second-order valence-electron chi connectivity index (χ2n) is 3.75. The highest BCUT2D eigenvalue weighted by Crippen LogP contribution is 2.31. The number of fused-ring (bicyclic) bond motifs is 1. The molecule has 0 unspecified atom stereocenters. The molecule has 0 amide bonds. The molecule has 1 aliphatic heterocycles. The normalized spacial score (nSPS) is 15.8. The van der Waals surface area contributed by atoms with Gasteiger partial charge in [0.25, 0.3) is 10.0 Å². The average Bonchev–Trinajstić information content (AvgIpc) is 2.37. The Labute approximate surface area is 110 Å². The number of ether oxygens (including phenoxy) is 2. The van der Waals surface area contributed by atoms with Crippen LogP contribution in [0.15, 0.2) is 27.5 Å². The lowest BCUT2D eigenvalue weighted by atomic mass is 10.3. The number of nitrogens with zero attached hydrogens (tertiary/aromatic N) is 1. The standard InChI is InChI=1S/C11H12N2O5S/c1-17-7-3-4-8-9(5-7)19(15,16)13-10(12-8)6-11(14)18-2/h3-5H,6H2,1-2H3,(H,12,13). The van der Waals surface area contributed by atoms with Gasteiger partial charge in [-0.1, -0.05) is 0 Å². The second kappa shape index (κ2) is 4.88. The molecule has 2 rings (SSSR count). The van der Waals surface area contributed by atoms with E-state index in [1.54, 1.807) is 12.1 Å². The molecule has 0 bridgehead atoms. The minimum absolute atomic E-state index is 0.0143. The summed E-state index contributed by atoms with van der Waals surface area (Å²) in [6, 6.07) is 4.54. The fourth-order valence-corrected chi connectivity index (χ4v) is 2.76. The van der Waals surface area contributed by atoms with Crippen LogP contribution in [0.2, 0.25) is 0 Å². The highest BCUT2D eigenvalue weighted by molar-refractivity contribution is 7.90. The number of benzene rings is 1. The summed E-state index contributed by atoms with van der Waals surface area (Å²) in [7, 11) is -1.18. The lowest BCUT2D eigenvalue weighted by molar-refractivity contribution is -0.139. The number of hydrogen-bond acceptors (Lipinski definition) is 6. The van der Waals surface area contributed by atoms with Crippen LogP contribution < -0.4 is 10.1 Å². The van der Waals surface area contributed by atoms with Crippen molar-refractivity contribution in [1.29, 1.82) is 0 Å². The first-order chi connectivity index (χ1) is 8.96. The quantitative estimate of drug-likeness (QED) is 0.824. The van der Waals surface area contributed by atoms with Crippen molar-refractivity contribution in [2.24, 2.45) is 4.40 Å². The van der Waals surface area contributed by atoms with Crippen molar-refractivity contribution in [2.45, 2.75) is 11.3 Å². The molecule has 19 heavy (non-hydrogen) atoms. The highest BCUT2D eigenvalue weighted by Gasteiger charge is 2.26. The molecule has 0 atom stereocenters. The SMILES string of the molecule is COC(=O)CC1=NS(=O)(=O)c2cc(OC)ccc2N1. The molecule has 1 N–H and O–H groups in total. The van der Waals surface area contributed by atoms with Crippen LogP contribution in [-0.2, 0) is 19.6 Å². The van der Waals surface area contributed by atoms with Crippen molar-refractivity contribution in [1.82, 2.24) is 0 Å². The zero-order valence-corrected chi connectivity index (χ0v) is 11.2. The monoisotopic (exact) mass is 284 g/mol. The number of hydrogen-bond donors (Lipinski definition) is 1. The fraction of sp³-hybridized carbons (Fsp3) is 0.273. The van der Waals surface area contributed by atoms with E-state index in [0.717, 1.165) is 0 Å². The summed E-state index contributed by atoms with van der Waals surface area (Å²) in [5.41, 5.74) is 0.356. The van der Waals surface area contributed by atoms with E-state index in [4.69, 9.17) is 4.74 Å². The highest BCUT2D eigenvalue weighted by atomic mass is 32.2. The molecule has 8 heteroatoms. The minimum atomic E-state index is -3.84. The molecule has 0 radical (unpaired) electrons. The first-order valence-electron chi connectivity index (χ1n) is 5.32. The molecular formula is C11H12N2O5S. The first-order valence-corrected chi connectivity index (χ1v) is 6.76. The molecule has 0 saturated carbocycles. The molecule has 1 heterocycles.